The van der Waals surface area contributed by atoms with Crippen molar-refractivity contribution >= 4 is 17.3 Å². The highest BCUT2D eigenvalue weighted by Crippen LogP contribution is 2.18. The Morgan fingerprint density at radius 1 is 1.87 bits per heavy atom. The number of aromatic nitrogens is 1. The molecule has 1 atom stereocenters. The van der Waals surface area contributed by atoms with Crippen LogP contribution in [0.2, 0.25) is 0 Å². The van der Waals surface area contributed by atoms with E-state index in [9.17, 15) is 4.79 Å². The van der Waals surface area contributed by atoms with Gasteiger partial charge in [-0.25, -0.2) is 9.78 Å². The molecule has 0 radical (unpaired) electrons. The Balaban J connectivity index is 2.81. The lowest BCUT2D eigenvalue weighted by molar-refractivity contribution is -0.143. The third kappa shape index (κ3) is 3.05. The third-order valence-electron chi connectivity index (χ3n) is 1.73. The van der Waals surface area contributed by atoms with Crippen molar-refractivity contribution in [2.45, 2.75) is 13.0 Å². The number of nitrogens with zero attached hydrogens (tertiary/aromatic N) is 1. The summed E-state index contributed by atoms with van der Waals surface area (Å²) in [6.45, 7) is 2.17. The van der Waals surface area contributed by atoms with Crippen molar-refractivity contribution < 1.29 is 9.53 Å². The minimum atomic E-state index is -0.565. The summed E-state index contributed by atoms with van der Waals surface area (Å²) in [7, 11) is 1.34. The predicted molar refractivity (Wildman–Crippen MR) is 58.4 cm³/mol. The van der Waals surface area contributed by atoms with E-state index in [0.29, 0.717) is 11.6 Å². The first kappa shape index (κ1) is 11.7. The van der Waals surface area contributed by atoms with Crippen LogP contribution in [-0.4, -0.2) is 24.6 Å². The highest BCUT2D eigenvalue weighted by Gasteiger charge is 2.23. The molecule has 0 amide bonds. The van der Waals surface area contributed by atoms with Crippen molar-refractivity contribution in [3.63, 3.8) is 0 Å². The van der Waals surface area contributed by atoms with Crippen LogP contribution in [-0.2, 0) is 9.53 Å². The molecule has 0 aliphatic rings. The molecule has 15 heavy (non-hydrogen) atoms. The molecule has 80 valence electrons. The first-order valence-corrected chi connectivity index (χ1v) is 5.23. The fourth-order valence-corrected chi connectivity index (χ4v) is 1.91. The maximum atomic E-state index is 11.4. The highest BCUT2D eigenvalue weighted by atomic mass is 32.1. The van der Waals surface area contributed by atoms with Gasteiger partial charge in [-0.1, -0.05) is 5.92 Å². The maximum Gasteiger partial charge on any atom is 0.330 e. The number of hydrogen-bond acceptors (Lipinski definition) is 5. The van der Waals surface area contributed by atoms with E-state index in [2.05, 4.69) is 21.0 Å². The number of nitrogens with one attached hydrogen (secondary N) is 1. The van der Waals surface area contributed by atoms with E-state index >= 15 is 0 Å². The van der Waals surface area contributed by atoms with Gasteiger partial charge < -0.3 is 4.74 Å². The lowest BCUT2D eigenvalue weighted by Gasteiger charge is -2.11. The summed E-state index contributed by atoms with van der Waals surface area (Å²) in [6, 6.07) is -0.565. The molecule has 0 aliphatic carbocycles. The number of esters is 1. The molecule has 1 N–H and O–H groups in total. The summed E-state index contributed by atoms with van der Waals surface area (Å²) in [5, 5.41) is 5.44. The smallest absolute Gasteiger partial charge is 0.330 e. The number of ether oxygens (including phenoxy) is 1. The van der Waals surface area contributed by atoms with E-state index < -0.39 is 6.04 Å². The van der Waals surface area contributed by atoms with E-state index in [0.717, 1.165) is 5.69 Å². The van der Waals surface area contributed by atoms with Gasteiger partial charge in [-0.3, -0.25) is 5.32 Å². The average molecular weight is 224 g/mol. The zero-order chi connectivity index (χ0) is 11.3. The number of terminal acetylenes is 1. The summed E-state index contributed by atoms with van der Waals surface area (Å²) in [4.78, 5) is 15.7. The van der Waals surface area contributed by atoms with Gasteiger partial charge in [0.05, 0.1) is 13.7 Å². The third-order valence-corrected chi connectivity index (χ3v) is 2.76. The number of aryl methyl sites for hydroxylation is 1. The molecule has 1 unspecified atom stereocenters. The van der Waals surface area contributed by atoms with Crippen LogP contribution in [0, 0.1) is 19.3 Å². The number of rotatable bonds is 4. The fraction of sp³-hybridized carbons (Fsp3) is 0.400. The molecular formula is C10H12N2O2S. The standard InChI is InChI=1S/C10H12N2O2S/c1-4-5-11-8(10(13)14-3)9-12-7(2)6-15-9/h1,6,8,11H,5H2,2-3H3. The van der Waals surface area contributed by atoms with Gasteiger partial charge >= 0.3 is 5.97 Å². The van der Waals surface area contributed by atoms with Gasteiger partial charge in [0.15, 0.2) is 6.04 Å². The molecule has 0 spiro atoms. The van der Waals surface area contributed by atoms with Crippen molar-refractivity contribution in [1.29, 1.82) is 0 Å². The number of carbonyl (C=O) groups is 1. The van der Waals surface area contributed by atoms with Crippen LogP contribution in [0.25, 0.3) is 0 Å². The Bertz CT molecular complexity index is 381. The van der Waals surface area contributed by atoms with Crippen LogP contribution < -0.4 is 5.32 Å². The summed E-state index contributed by atoms with van der Waals surface area (Å²) in [6.07, 6.45) is 5.12. The molecule has 1 heterocycles. The van der Waals surface area contributed by atoms with Gasteiger partial charge in [0.2, 0.25) is 0 Å². The van der Waals surface area contributed by atoms with Crippen LogP contribution in [0.5, 0.6) is 0 Å². The minimum Gasteiger partial charge on any atom is -0.468 e. The Labute approximate surface area is 92.7 Å². The molecule has 0 saturated carbocycles. The quantitative estimate of drug-likeness (QED) is 0.609. The zero-order valence-electron chi connectivity index (χ0n) is 8.61. The molecular weight excluding hydrogens is 212 g/mol. The first-order valence-electron chi connectivity index (χ1n) is 4.35. The van der Waals surface area contributed by atoms with Crippen LogP contribution in [0.15, 0.2) is 5.38 Å². The molecule has 0 fully saturated rings. The van der Waals surface area contributed by atoms with Gasteiger partial charge in [-0.2, -0.15) is 0 Å². The number of methoxy groups -OCH3 is 1. The molecule has 1 rings (SSSR count). The minimum absolute atomic E-state index is 0.304. The van der Waals surface area contributed by atoms with E-state index in [4.69, 9.17) is 6.42 Å². The lowest BCUT2D eigenvalue weighted by atomic mass is 10.3. The molecule has 1 aromatic rings. The van der Waals surface area contributed by atoms with Gasteiger partial charge in [-0.05, 0) is 6.92 Å². The van der Waals surface area contributed by atoms with E-state index in [1.165, 1.54) is 18.4 Å². The normalized spacial score (nSPS) is 11.8. The monoisotopic (exact) mass is 224 g/mol. The van der Waals surface area contributed by atoms with Crippen LogP contribution in [0.3, 0.4) is 0 Å². The second kappa shape index (κ2) is 5.49. The van der Waals surface area contributed by atoms with Crippen molar-refractivity contribution in [2.24, 2.45) is 0 Å². The summed E-state index contributed by atoms with van der Waals surface area (Å²) in [5.41, 5.74) is 0.881. The largest absolute Gasteiger partial charge is 0.468 e. The summed E-state index contributed by atoms with van der Waals surface area (Å²) >= 11 is 1.41. The number of hydrogen-bond donors (Lipinski definition) is 1. The summed E-state index contributed by atoms with van der Waals surface area (Å²) < 4.78 is 4.67. The Hall–Kier alpha value is -1.38. The maximum absolute atomic E-state index is 11.4. The zero-order valence-corrected chi connectivity index (χ0v) is 9.43. The summed E-state index contributed by atoms with van der Waals surface area (Å²) in [5.74, 6) is 2.04. The number of carbonyl (C=O) groups excluding carboxylic acids is 1. The molecule has 0 aromatic carbocycles. The average Bonchev–Trinajstić information content (AvgIpc) is 2.65. The molecule has 0 aliphatic heterocycles. The predicted octanol–water partition coefficient (Wildman–Crippen LogP) is 0.888. The Kier molecular flexibility index (Phi) is 4.28. The second-order valence-corrected chi connectivity index (χ2v) is 3.76. The number of thiazole rings is 1. The lowest BCUT2D eigenvalue weighted by Crippen LogP contribution is -2.29. The van der Waals surface area contributed by atoms with Gasteiger partial charge in [0.25, 0.3) is 0 Å². The fourth-order valence-electron chi connectivity index (χ4n) is 1.06. The first-order chi connectivity index (χ1) is 7.19. The van der Waals surface area contributed by atoms with Crippen LogP contribution >= 0.6 is 11.3 Å². The molecule has 4 nitrogen and oxygen atoms in total. The van der Waals surface area contributed by atoms with E-state index in [1.54, 1.807) is 0 Å². The van der Waals surface area contributed by atoms with Crippen molar-refractivity contribution in [2.75, 3.05) is 13.7 Å². The second-order valence-electron chi connectivity index (χ2n) is 2.87. The Morgan fingerprint density at radius 2 is 2.60 bits per heavy atom. The van der Waals surface area contributed by atoms with Crippen molar-refractivity contribution in [1.82, 2.24) is 10.3 Å². The van der Waals surface area contributed by atoms with Crippen LogP contribution in [0.4, 0.5) is 0 Å². The molecule has 1 aromatic heterocycles. The van der Waals surface area contributed by atoms with Gasteiger partial charge in [0.1, 0.15) is 5.01 Å². The SMILES string of the molecule is C#CCNC(C(=O)OC)c1nc(C)cs1. The Morgan fingerprint density at radius 3 is 3.07 bits per heavy atom. The van der Waals surface area contributed by atoms with Crippen molar-refractivity contribution in [3.8, 4) is 12.3 Å². The molecule has 0 bridgehead atoms. The van der Waals surface area contributed by atoms with Gasteiger partial charge in [0, 0.05) is 11.1 Å². The molecule has 5 heteroatoms. The van der Waals surface area contributed by atoms with E-state index in [1.807, 2.05) is 12.3 Å². The van der Waals surface area contributed by atoms with Gasteiger partial charge in [-0.15, -0.1) is 17.8 Å². The van der Waals surface area contributed by atoms with Crippen LogP contribution in [0.1, 0.15) is 16.7 Å². The topological polar surface area (TPSA) is 51.2 Å². The molecule has 0 saturated heterocycles. The van der Waals surface area contributed by atoms with E-state index in [-0.39, 0.29) is 5.97 Å². The highest BCUT2D eigenvalue weighted by molar-refractivity contribution is 7.09. The van der Waals surface area contributed by atoms with Crippen molar-refractivity contribution in [3.05, 3.63) is 16.1 Å².